The number of nitrogens with zero attached hydrogens (tertiary/aromatic N) is 1. The summed E-state index contributed by atoms with van der Waals surface area (Å²) in [4.78, 5) is 2.50. The van der Waals surface area contributed by atoms with Crippen LogP contribution >= 0.6 is 0 Å². The summed E-state index contributed by atoms with van der Waals surface area (Å²) in [6.07, 6.45) is 2.50. The van der Waals surface area contributed by atoms with Gasteiger partial charge in [0.2, 0.25) is 0 Å². The molecule has 0 saturated carbocycles. The van der Waals surface area contributed by atoms with Crippen LogP contribution in [0.15, 0.2) is 0 Å². The molecule has 0 radical (unpaired) electrons. The normalized spacial score (nSPS) is 30.0. The second-order valence-electron chi connectivity index (χ2n) is 6.34. The predicted molar refractivity (Wildman–Crippen MR) is 79.4 cm³/mol. The molecule has 0 aliphatic carbocycles. The van der Waals surface area contributed by atoms with E-state index in [2.05, 4.69) is 37.9 Å². The van der Waals surface area contributed by atoms with Crippen LogP contribution in [0.4, 0.5) is 0 Å². The van der Waals surface area contributed by atoms with Crippen molar-refractivity contribution in [1.82, 2.24) is 10.2 Å². The van der Waals surface area contributed by atoms with Crippen LogP contribution in [0.3, 0.4) is 0 Å². The van der Waals surface area contributed by atoms with E-state index in [1.807, 2.05) is 7.11 Å². The number of hydrogen-bond acceptors (Lipinski definition) is 4. The number of ether oxygens (including phenoxy) is 1. The van der Waals surface area contributed by atoms with Crippen LogP contribution in [-0.4, -0.2) is 61.0 Å². The summed E-state index contributed by atoms with van der Waals surface area (Å²) in [5.74, 6) is 0.645. The van der Waals surface area contributed by atoms with Crippen molar-refractivity contribution in [2.45, 2.75) is 58.2 Å². The number of nitrogens with one attached hydrogen (secondary N) is 1. The SMILES string of the molecule is CCNC(C)(CO)CC(C)N1CCC(C)C(OC)C1. The fraction of sp³-hybridized carbons (Fsp3) is 1.00. The molecule has 1 fully saturated rings. The van der Waals surface area contributed by atoms with Gasteiger partial charge in [0.1, 0.15) is 0 Å². The van der Waals surface area contributed by atoms with Gasteiger partial charge in [0.15, 0.2) is 0 Å². The summed E-state index contributed by atoms with van der Waals surface area (Å²) < 4.78 is 5.58. The van der Waals surface area contributed by atoms with E-state index in [4.69, 9.17) is 4.74 Å². The number of hydrogen-bond donors (Lipinski definition) is 2. The van der Waals surface area contributed by atoms with Crippen molar-refractivity contribution < 1.29 is 9.84 Å². The first kappa shape index (κ1) is 16.9. The zero-order valence-corrected chi connectivity index (χ0v) is 13.3. The molecule has 1 aliphatic rings. The van der Waals surface area contributed by atoms with E-state index in [1.165, 1.54) is 6.42 Å². The van der Waals surface area contributed by atoms with Crippen LogP contribution in [0.25, 0.3) is 0 Å². The second-order valence-corrected chi connectivity index (χ2v) is 6.34. The Kier molecular flexibility index (Phi) is 6.74. The average Bonchev–Trinajstić information content (AvgIpc) is 2.39. The van der Waals surface area contributed by atoms with Crippen LogP contribution in [-0.2, 0) is 4.74 Å². The van der Waals surface area contributed by atoms with E-state index in [1.54, 1.807) is 0 Å². The van der Waals surface area contributed by atoms with Crippen molar-refractivity contribution in [2.24, 2.45) is 5.92 Å². The minimum Gasteiger partial charge on any atom is -0.394 e. The third-order valence-corrected chi connectivity index (χ3v) is 4.55. The summed E-state index contributed by atoms with van der Waals surface area (Å²) in [5, 5.41) is 13.0. The van der Waals surface area contributed by atoms with E-state index in [9.17, 15) is 5.11 Å². The molecule has 0 aromatic rings. The second kappa shape index (κ2) is 7.58. The van der Waals surface area contributed by atoms with Crippen molar-refractivity contribution in [3.63, 3.8) is 0 Å². The molecule has 0 bridgehead atoms. The lowest BCUT2D eigenvalue weighted by Gasteiger charge is -2.42. The standard InChI is InChI=1S/C15H32N2O2/c1-6-16-15(4,11-18)9-13(3)17-8-7-12(2)14(10-17)19-5/h12-14,16,18H,6-11H2,1-5H3. The summed E-state index contributed by atoms with van der Waals surface area (Å²) in [6, 6.07) is 0.460. The molecule has 2 N–H and O–H groups in total. The number of methoxy groups -OCH3 is 1. The Morgan fingerprint density at radius 2 is 2.21 bits per heavy atom. The number of piperidine rings is 1. The van der Waals surface area contributed by atoms with E-state index >= 15 is 0 Å². The Morgan fingerprint density at radius 1 is 1.53 bits per heavy atom. The molecule has 1 aliphatic heterocycles. The third-order valence-electron chi connectivity index (χ3n) is 4.55. The topological polar surface area (TPSA) is 44.7 Å². The Bertz CT molecular complexity index is 263. The Morgan fingerprint density at radius 3 is 2.74 bits per heavy atom. The first-order chi connectivity index (χ1) is 8.95. The quantitative estimate of drug-likeness (QED) is 0.737. The molecular formula is C15H32N2O2. The van der Waals surface area contributed by atoms with Crippen molar-refractivity contribution in [2.75, 3.05) is 33.4 Å². The summed E-state index contributed by atoms with van der Waals surface area (Å²) >= 11 is 0. The Balaban J connectivity index is 2.55. The van der Waals surface area contributed by atoms with Gasteiger partial charge in [-0.25, -0.2) is 0 Å². The van der Waals surface area contributed by atoms with Crippen LogP contribution in [0.1, 0.15) is 40.5 Å². The van der Waals surface area contributed by atoms with Crippen LogP contribution in [0.2, 0.25) is 0 Å². The van der Waals surface area contributed by atoms with E-state index < -0.39 is 0 Å². The van der Waals surface area contributed by atoms with Crippen LogP contribution < -0.4 is 5.32 Å². The molecule has 4 nitrogen and oxygen atoms in total. The Hall–Kier alpha value is -0.160. The average molecular weight is 272 g/mol. The highest BCUT2D eigenvalue weighted by Crippen LogP contribution is 2.24. The number of likely N-dealkylation sites (tertiary alicyclic amines) is 1. The summed E-state index contributed by atoms with van der Waals surface area (Å²) in [7, 11) is 1.81. The van der Waals surface area contributed by atoms with Gasteiger partial charge < -0.3 is 15.2 Å². The molecule has 0 spiro atoms. The largest absolute Gasteiger partial charge is 0.394 e. The van der Waals surface area contributed by atoms with Gasteiger partial charge >= 0.3 is 0 Å². The zero-order chi connectivity index (χ0) is 14.5. The van der Waals surface area contributed by atoms with Gasteiger partial charge in [-0.15, -0.1) is 0 Å². The van der Waals surface area contributed by atoms with Crippen molar-refractivity contribution >= 4 is 0 Å². The molecule has 1 saturated heterocycles. The number of aliphatic hydroxyl groups is 1. The van der Waals surface area contributed by atoms with Gasteiger partial charge in [-0.2, -0.15) is 0 Å². The highest BCUT2D eigenvalue weighted by Gasteiger charge is 2.32. The predicted octanol–water partition coefficient (Wildman–Crippen LogP) is 1.48. The fourth-order valence-electron chi connectivity index (χ4n) is 3.17. The maximum atomic E-state index is 9.60. The molecule has 4 heteroatoms. The van der Waals surface area contributed by atoms with Crippen molar-refractivity contribution in [1.29, 1.82) is 0 Å². The van der Waals surface area contributed by atoms with Crippen LogP contribution in [0.5, 0.6) is 0 Å². The smallest absolute Gasteiger partial charge is 0.0724 e. The number of likely N-dealkylation sites (N-methyl/N-ethyl adjacent to an activating group) is 1. The lowest BCUT2D eigenvalue weighted by atomic mass is 9.90. The molecule has 19 heavy (non-hydrogen) atoms. The molecule has 4 unspecified atom stereocenters. The molecule has 4 atom stereocenters. The molecule has 1 heterocycles. The van der Waals surface area contributed by atoms with Gasteiger partial charge in [0.25, 0.3) is 0 Å². The van der Waals surface area contributed by atoms with Crippen molar-refractivity contribution in [3.8, 4) is 0 Å². The summed E-state index contributed by atoms with van der Waals surface area (Å²) in [6.45, 7) is 11.9. The highest BCUT2D eigenvalue weighted by atomic mass is 16.5. The minimum atomic E-state index is -0.181. The first-order valence-corrected chi connectivity index (χ1v) is 7.58. The molecule has 0 aromatic carbocycles. The fourth-order valence-corrected chi connectivity index (χ4v) is 3.17. The maximum absolute atomic E-state index is 9.60. The lowest BCUT2D eigenvalue weighted by molar-refractivity contribution is -0.0225. The number of aliphatic hydroxyl groups excluding tert-OH is 1. The molecule has 0 aromatic heterocycles. The molecule has 114 valence electrons. The maximum Gasteiger partial charge on any atom is 0.0724 e. The van der Waals surface area contributed by atoms with E-state index in [-0.39, 0.29) is 12.1 Å². The molecule has 0 amide bonds. The van der Waals surface area contributed by atoms with Crippen LogP contribution in [0, 0.1) is 5.92 Å². The zero-order valence-electron chi connectivity index (χ0n) is 13.3. The van der Waals surface area contributed by atoms with E-state index in [0.29, 0.717) is 18.1 Å². The third kappa shape index (κ3) is 4.71. The lowest BCUT2D eigenvalue weighted by Crippen LogP contribution is -2.53. The van der Waals surface area contributed by atoms with Gasteiger partial charge in [-0.05, 0) is 45.7 Å². The van der Waals surface area contributed by atoms with Crippen molar-refractivity contribution in [3.05, 3.63) is 0 Å². The minimum absolute atomic E-state index is 0.181. The monoisotopic (exact) mass is 272 g/mol. The molecule has 1 rings (SSSR count). The van der Waals surface area contributed by atoms with Gasteiger partial charge in [-0.1, -0.05) is 13.8 Å². The van der Waals surface area contributed by atoms with Gasteiger partial charge in [-0.3, -0.25) is 4.90 Å². The van der Waals surface area contributed by atoms with Gasteiger partial charge in [0, 0.05) is 25.2 Å². The molecular weight excluding hydrogens is 240 g/mol. The highest BCUT2D eigenvalue weighted by molar-refractivity contribution is 4.89. The van der Waals surface area contributed by atoms with Gasteiger partial charge in [0.05, 0.1) is 12.7 Å². The first-order valence-electron chi connectivity index (χ1n) is 7.58. The van der Waals surface area contributed by atoms with E-state index in [0.717, 1.165) is 26.1 Å². The Labute approximate surface area is 118 Å². The number of rotatable bonds is 7. The summed E-state index contributed by atoms with van der Waals surface area (Å²) in [5.41, 5.74) is -0.181.